The summed E-state index contributed by atoms with van der Waals surface area (Å²) in [6, 6.07) is 1.00. The van der Waals surface area contributed by atoms with Crippen LogP contribution in [-0.2, 0) is 6.54 Å². The Morgan fingerprint density at radius 2 is 2.04 bits per heavy atom. The molecule has 0 aliphatic carbocycles. The summed E-state index contributed by atoms with van der Waals surface area (Å²) in [7, 11) is 0. The van der Waals surface area contributed by atoms with Crippen molar-refractivity contribution in [3.63, 3.8) is 0 Å². The summed E-state index contributed by atoms with van der Waals surface area (Å²) in [6.45, 7) is 8.76. The lowest BCUT2D eigenvalue weighted by Gasteiger charge is -2.23. The molecule has 2 aliphatic rings. The first-order valence-corrected chi connectivity index (χ1v) is 9.77. The molecule has 2 bridgehead atoms. The van der Waals surface area contributed by atoms with E-state index in [-0.39, 0.29) is 5.91 Å². The van der Waals surface area contributed by atoms with E-state index in [9.17, 15) is 4.79 Å². The number of nitrogens with one attached hydrogen (secondary N) is 1. The first-order chi connectivity index (χ1) is 12.7. The monoisotopic (exact) mass is 356 g/mol. The Morgan fingerprint density at radius 1 is 1.23 bits per heavy atom. The molecular formula is C19H28N6O. The summed E-state index contributed by atoms with van der Waals surface area (Å²) in [5.41, 5.74) is 2.37. The van der Waals surface area contributed by atoms with E-state index < -0.39 is 0 Å². The maximum absolute atomic E-state index is 13.1. The molecule has 2 saturated heterocycles. The molecule has 0 unspecified atom stereocenters. The Balaban J connectivity index is 1.54. The van der Waals surface area contributed by atoms with Crippen LogP contribution in [0.3, 0.4) is 0 Å². The standard InChI is InChI=1S/C19H28N6O/c1-3-23(4-2)11-14-9-20-18-17(10-21-25(18)12-14)19(26)24-8-7-15-5-6-16(13-24)22-15/h9-10,12,15-16,22H,3-8,11,13H2,1-2H3/t15-,16+/m1/s1. The molecule has 7 heteroatoms. The summed E-state index contributed by atoms with van der Waals surface area (Å²) in [5.74, 6) is 0.0540. The Hall–Kier alpha value is -1.99. The molecule has 4 heterocycles. The number of fused-ring (bicyclic) bond motifs is 3. The van der Waals surface area contributed by atoms with Crippen LogP contribution < -0.4 is 5.32 Å². The molecule has 26 heavy (non-hydrogen) atoms. The van der Waals surface area contributed by atoms with Crippen molar-refractivity contribution in [2.24, 2.45) is 0 Å². The van der Waals surface area contributed by atoms with E-state index in [0.29, 0.717) is 23.3 Å². The Labute approximate surface area is 154 Å². The van der Waals surface area contributed by atoms with Crippen LogP contribution in [0, 0.1) is 0 Å². The average molecular weight is 356 g/mol. The van der Waals surface area contributed by atoms with Crippen LogP contribution in [0.15, 0.2) is 18.6 Å². The highest BCUT2D eigenvalue weighted by molar-refractivity contribution is 5.99. The van der Waals surface area contributed by atoms with Gasteiger partial charge in [0.2, 0.25) is 0 Å². The lowest BCUT2D eigenvalue weighted by Crippen LogP contribution is -2.39. The third kappa shape index (κ3) is 3.33. The molecular weight excluding hydrogens is 328 g/mol. The molecule has 2 aromatic rings. The van der Waals surface area contributed by atoms with Gasteiger partial charge in [-0.2, -0.15) is 5.10 Å². The number of hydrogen-bond acceptors (Lipinski definition) is 5. The first kappa shape index (κ1) is 17.4. The van der Waals surface area contributed by atoms with E-state index in [1.165, 1.54) is 6.42 Å². The van der Waals surface area contributed by atoms with Gasteiger partial charge >= 0.3 is 0 Å². The van der Waals surface area contributed by atoms with Gasteiger partial charge in [0, 0.05) is 49.7 Å². The van der Waals surface area contributed by atoms with Crippen molar-refractivity contribution in [3.05, 3.63) is 29.7 Å². The van der Waals surface area contributed by atoms with Crippen molar-refractivity contribution in [2.75, 3.05) is 26.2 Å². The smallest absolute Gasteiger partial charge is 0.259 e. The van der Waals surface area contributed by atoms with Crippen LogP contribution in [0.25, 0.3) is 5.65 Å². The lowest BCUT2D eigenvalue weighted by atomic mass is 10.1. The summed E-state index contributed by atoms with van der Waals surface area (Å²) >= 11 is 0. The second-order valence-corrected chi connectivity index (χ2v) is 7.43. The minimum absolute atomic E-state index is 0.0540. The molecule has 0 radical (unpaired) electrons. The number of carbonyl (C=O) groups excluding carboxylic acids is 1. The van der Waals surface area contributed by atoms with Crippen LogP contribution in [0.5, 0.6) is 0 Å². The van der Waals surface area contributed by atoms with Crippen molar-refractivity contribution < 1.29 is 4.79 Å². The number of amides is 1. The summed E-state index contributed by atoms with van der Waals surface area (Å²) in [5, 5.41) is 8.02. The Bertz CT molecular complexity index is 783. The number of rotatable bonds is 5. The van der Waals surface area contributed by atoms with Crippen molar-refractivity contribution in [1.29, 1.82) is 0 Å². The molecule has 1 amide bonds. The topological polar surface area (TPSA) is 65.8 Å². The molecule has 140 valence electrons. The second-order valence-electron chi connectivity index (χ2n) is 7.43. The second kappa shape index (κ2) is 7.32. The third-order valence-electron chi connectivity index (χ3n) is 5.75. The SMILES string of the molecule is CCN(CC)Cc1cnc2c(C(=O)N3CC[C@H]4CC[C@@H](C3)N4)cnn2c1. The Kier molecular flexibility index (Phi) is 4.91. The zero-order chi connectivity index (χ0) is 18.1. The summed E-state index contributed by atoms with van der Waals surface area (Å²) in [6.07, 6.45) is 8.96. The van der Waals surface area contributed by atoms with Crippen LogP contribution in [0.1, 0.15) is 49.0 Å². The van der Waals surface area contributed by atoms with E-state index in [0.717, 1.165) is 51.1 Å². The molecule has 0 aromatic carbocycles. The van der Waals surface area contributed by atoms with Crippen LogP contribution >= 0.6 is 0 Å². The van der Waals surface area contributed by atoms with Gasteiger partial charge in [-0.1, -0.05) is 13.8 Å². The third-order valence-corrected chi connectivity index (χ3v) is 5.75. The van der Waals surface area contributed by atoms with Crippen molar-refractivity contribution in [1.82, 2.24) is 29.7 Å². The van der Waals surface area contributed by atoms with Gasteiger partial charge in [0.15, 0.2) is 5.65 Å². The highest BCUT2D eigenvalue weighted by Crippen LogP contribution is 2.22. The van der Waals surface area contributed by atoms with Gasteiger partial charge in [0.25, 0.3) is 5.91 Å². The normalized spacial score (nSPS) is 23.0. The molecule has 2 atom stereocenters. The highest BCUT2D eigenvalue weighted by atomic mass is 16.2. The fourth-order valence-electron chi connectivity index (χ4n) is 4.15. The number of nitrogens with zero attached hydrogens (tertiary/aromatic N) is 5. The molecule has 0 spiro atoms. The Morgan fingerprint density at radius 3 is 2.85 bits per heavy atom. The van der Waals surface area contributed by atoms with Gasteiger partial charge in [-0.3, -0.25) is 9.69 Å². The molecule has 2 aromatic heterocycles. The van der Waals surface area contributed by atoms with Crippen molar-refractivity contribution in [2.45, 2.75) is 51.7 Å². The van der Waals surface area contributed by atoms with E-state index in [2.05, 4.69) is 34.1 Å². The average Bonchev–Trinajstić information content (AvgIpc) is 3.21. The van der Waals surface area contributed by atoms with E-state index in [4.69, 9.17) is 0 Å². The van der Waals surface area contributed by atoms with Gasteiger partial charge in [-0.05, 0) is 32.4 Å². The molecule has 7 nitrogen and oxygen atoms in total. The molecule has 2 aliphatic heterocycles. The molecule has 1 N–H and O–H groups in total. The van der Waals surface area contributed by atoms with Crippen molar-refractivity contribution >= 4 is 11.6 Å². The van der Waals surface area contributed by atoms with Gasteiger partial charge < -0.3 is 10.2 Å². The van der Waals surface area contributed by atoms with Crippen molar-refractivity contribution in [3.8, 4) is 0 Å². The lowest BCUT2D eigenvalue weighted by molar-refractivity contribution is 0.0750. The van der Waals surface area contributed by atoms with Gasteiger partial charge in [-0.15, -0.1) is 0 Å². The minimum Gasteiger partial charge on any atom is -0.337 e. The molecule has 0 saturated carbocycles. The molecule has 2 fully saturated rings. The predicted molar refractivity (Wildman–Crippen MR) is 100 cm³/mol. The fraction of sp³-hybridized carbons (Fsp3) is 0.632. The maximum Gasteiger partial charge on any atom is 0.259 e. The highest BCUT2D eigenvalue weighted by Gasteiger charge is 2.32. The first-order valence-electron chi connectivity index (χ1n) is 9.77. The predicted octanol–water partition coefficient (Wildman–Crippen LogP) is 1.54. The summed E-state index contributed by atoms with van der Waals surface area (Å²) in [4.78, 5) is 21.9. The zero-order valence-corrected chi connectivity index (χ0v) is 15.7. The van der Waals surface area contributed by atoms with Gasteiger partial charge in [0.1, 0.15) is 5.56 Å². The van der Waals surface area contributed by atoms with Crippen LogP contribution in [0.2, 0.25) is 0 Å². The van der Waals surface area contributed by atoms with Gasteiger partial charge in [0.05, 0.1) is 6.20 Å². The van der Waals surface area contributed by atoms with Crippen LogP contribution in [-0.4, -0.2) is 68.6 Å². The maximum atomic E-state index is 13.1. The van der Waals surface area contributed by atoms with Gasteiger partial charge in [-0.25, -0.2) is 9.50 Å². The fourth-order valence-corrected chi connectivity index (χ4v) is 4.15. The van der Waals surface area contributed by atoms with E-state index >= 15 is 0 Å². The number of likely N-dealkylation sites (tertiary alicyclic amines) is 1. The minimum atomic E-state index is 0.0540. The number of aromatic nitrogens is 3. The van der Waals surface area contributed by atoms with Crippen LogP contribution in [0.4, 0.5) is 0 Å². The zero-order valence-electron chi connectivity index (χ0n) is 15.7. The van der Waals surface area contributed by atoms with E-state index in [1.54, 1.807) is 10.7 Å². The van der Waals surface area contributed by atoms with E-state index in [1.807, 2.05) is 17.3 Å². The quantitative estimate of drug-likeness (QED) is 0.880. The molecule has 4 rings (SSSR count). The number of hydrogen-bond donors (Lipinski definition) is 1. The number of carbonyl (C=O) groups is 1. The largest absolute Gasteiger partial charge is 0.337 e. The summed E-state index contributed by atoms with van der Waals surface area (Å²) < 4.78 is 1.74.